The van der Waals surface area contributed by atoms with E-state index < -0.39 is 0 Å². The summed E-state index contributed by atoms with van der Waals surface area (Å²) in [5.74, 6) is 0.0134. The van der Waals surface area contributed by atoms with E-state index in [9.17, 15) is 4.39 Å². The molecule has 2 aliphatic rings. The molecule has 0 amide bonds. The SMILES string of the molecule is CNc1cccc(OCCN2CCC3=C([CH]3)CC2)c1F. The number of ether oxygens (including phenoxy) is 1. The fourth-order valence-electron chi connectivity index (χ4n) is 2.63. The Morgan fingerprint density at radius 1 is 1.25 bits per heavy atom. The third kappa shape index (κ3) is 2.96. The molecule has 4 heteroatoms. The van der Waals surface area contributed by atoms with Crippen LogP contribution in [0.1, 0.15) is 12.8 Å². The van der Waals surface area contributed by atoms with E-state index in [1.54, 1.807) is 36.4 Å². The highest BCUT2D eigenvalue weighted by Crippen LogP contribution is 2.37. The van der Waals surface area contributed by atoms with Crippen LogP contribution < -0.4 is 10.1 Å². The van der Waals surface area contributed by atoms with Crippen molar-refractivity contribution in [2.75, 3.05) is 38.6 Å². The average molecular weight is 275 g/mol. The fourth-order valence-corrected chi connectivity index (χ4v) is 2.63. The van der Waals surface area contributed by atoms with Gasteiger partial charge in [-0.25, -0.2) is 4.39 Å². The molecule has 0 atom stereocenters. The normalized spacial score (nSPS) is 18.5. The van der Waals surface area contributed by atoms with Crippen molar-refractivity contribution < 1.29 is 9.13 Å². The number of rotatable bonds is 5. The Kier molecular flexibility index (Phi) is 3.92. The van der Waals surface area contributed by atoms with Gasteiger partial charge in [0.1, 0.15) is 6.61 Å². The summed E-state index contributed by atoms with van der Waals surface area (Å²) in [6.07, 6.45) is 4.60. The van der Waals surface area contributed by atoms with Crippen molar-refractivity contribution in [3.8, 4) is 5.75 Å². The van der Waals surface area contributed by atoms with Crippen molar-refractivity contribution in [2.45, 2.75) is 12.8 Å². The van der Waals surface area contributed by atoms with Gasteiger partial charge in [-0.3, -0.25) is 4.90 Å². The van der Waals surface area contributed by atoms with Crippen LogP contribution in [0.2, 0.25) is 0 Å². The molecule has 1 heterocycles. The molecule has 0 bridgehead atoms. The van der Waals surface area contributed by atoms with Crippen LogP contribution in [0.15, 0.2) is 29.3 Å². The second-order valence-electron chi connectivity index (χ2n) is 5.25. The first-order valence-electron chi connectivity index (χ1n) is 7.16. The molecular formula is C16H20FN2O. The van der Waals surface area contributed by atoms with Crippen molar-refractivity contribution in [2.24, 2.45) is 0 Å². The molecule has 3 rings (SSSR count). The highest BCUT2D eigenvalue weighted by molar-refractivity contribution is 5.51. The molecule has 0 saturated carbocycles. The highest BCUT2D eigenvalue weighted by atomic mass is 19.1. The monoisotopic (exact) mass is 275 g/mol. The second-order valence-corrected chi connectivity index (χ2v) is 5.25. The van der Waals surface area contributed by atoms with E-state index in [4.69, 9.17) is 4.74 Å². The van der Waals surface area contributed by atoms with Gasteiger partial charge in [0, 0.05) is 33.1 Å². The molecule has 0 spiro atoms. The maximum absolute atomic E-state index is 13.9. The predicted molar refractivity (Wildman–Crippen MR) is 78.4 cm³/mol. The Morgan fingerprint density at radius 3 is 2.70 bits per heavy atom. The first-order chi connectivity index (χ1) is 9.78. The zero-order valence-corrected chi connectivity index (χ0v) is 11.8. The maximum Gasteiger partial charge on any atom is 0.188 e. The number of hydrogen-bond acceptors (Lipinski definition) is 3. The van der Waals surface area contributed by atoms with E-state index in [2.05, 4.69) is 16.6 Å². The van der Waals surface area contributed by atoms with Gasteiger partial charge < -0.3 is 10.1 Å². The van der Waals surface area contributed by atoms with E-state index in [0.29, 0.717) is 18.0 Å². The van der Waals surface area contributed by atoms with Crippen LogP contribution in [-0.4, -0.2) is 38.2 Å². The minimum absolute atomic E-state index is 0.312. The molecule has 1 aromatic carbocycles. The molecule has 0 unspecified atom stereocenters. The van der Waals surface area contributed by atoms with Crippen molar-refractivity contribution in [1.29, 1.82) is 0 Å². The summed E-state index contributed by atoms with van der Waals surface area (Å²) in [6, 6.07) is 5.18. The summed E-state index contributed by atoms with van der Waals surface area (Å²) in [4.78, 5) is 2.39. The molecule has 1 aliphatic heterocycles. The van der Waals surface area contributed by atoms with Gasteiger partial charge in [0.05, 0.1) is 5.69 Å². The van der Waals surface area contributed by atoms with Gasteiger partial charge in [-0.1, -0.05) is 17.2 Å². The van der Waals surface area contributed by atoms with Crippen LogP contribution >= 0.6 is 0 Å². The van der Waals surface area contributed by atoms with Crippen LogP contribution in [0.25, 0.3) is 0 Å². The molecule has 0 saturated heterocycles. The zero-order valence-electron chi connectivity index (χ0n) is 11.8. The van der Waals surface area contributed by atoms with Gasteiger partial charge in [0.25, 0.3) is 0 Å². The van der Waals surface area contributed by atoms with Gasteiger partial charge in [0.2, 0.25) is 0 Å². The number of anilines is 1. The van der Waals surface area contributed by atoms with Crippen molar-refractivity contribution in [3.05, 3.63) is 41.6 Å². The van der Waals surface area contributed by atoms with Crippen LogP contribution in [0.4, 0.5) is 10.1 Å². The Labute approximate surface area is 119 Å². The Bertz CT molecular complexity index is 511. The van der Waals surface area contributed by atoms with Crippen molar-refractivity contribution >= 4 is 5.69 Å². The van der Waals surface area contributed by atoms with Crippen LogP contribution in [0.5, 0.6) is 5.75 Å². The Hall–Kier alpha value is -1.55. The zero-order chi connectivity index (χ0) is 13.9. The molecule has 1 aromatic rings. The van der Waals surface area contributed by atoms with E-state index >= 15 is 0 Å². The third-order valence-corrected chi connectivity index (χ3v) is 3.97. The lowest BCUT2D eigenvalue weighted by atomic mass is 10.3. The van der Waals surface area contributed by atoms with Crippen molar-refractivity contribution in [3.63, 3.8) is 0 Å². The number of hydrogen-bond donors (Lipinski definition) is 1. The lowest BCUT2D eigenvalue weighted by Crippen LogP contribution is -2.30. The third-order valence-electron chi connectivity index (χ3n) is 3.97. The molecule has 20 heavy (non-hydrogen) atoms. The smallest absolute Gasteiger partial charge is 0.188 e. The number of benzene rings is 1. The Balaban J connectivity index is 1.48. The summed E-state index contributed by atoms with van der Waals surface area (Å²) < 4.78 is 19.5. The van der Waals surface area contributed by atoms with E-state index in [1.807, 2.05) is 0 Å². The number of nitrogens with zero attached hydrogens (tertiary/aromatic N) is 1. The summed E-state index contributed by atoms with van der Waals surface area (Å²) >= 11 is 0. The summed E-state index contributed by atoms with van der Waals surface area (Å²) in [7, 11) is 1.71. The average Bonchev–Trinajstić information content (AvgIpc) is 3.21. The fraction of sp³-hybridized carbons (Fsp3) is 0.438. The summed E-state index contributed by atoms with van der Waals surface area (Å²) in [5.41, 5.74) is 3.56. The van der Waals surface area contributed by atoms with E-state index in [0.717, 1.165) is 32.5 Å². The van der Waals surface area contributed by atoms with Crippen LogP contribution in [0.3, 0.4) is 0 Å². The Morgan fingerprint density at radius 2 is 2.00 bits per heavy atom. The van der Waals surface area contributed by atoms with Gasteiger partial charge in [-0.2, -0.15) is 0 Å². The molecule has 1 aliphatic carbocycles. The highest BCUT2D eigenvalue weighted by Gasteiger charge is 2.25. The first kappa shape index (κ1) is 13.4. The number of likely N-dealkylation sites (tertiary alicyclic amines) is 1. The summed E-state index contributed by atoms with van der Waals surface area (Å²) in [6.45, 7) is 3.54. The topological polar surface area (TPSA) is 24.5 Å². The summed E-state index contributed by atoms with van der Waals surface area (Å²) in [5, 5.41) is 2.82. The second kappa shape index (κ2) is 5.83. The van der Waals surface area contributed by atoms with Gasteiger partial charge in [-0.15, -0.1) is 0 Å². The van der Waals surface area contributed by atoms with Crippen molar-refractivity contribution in [1.82, 2.24) is 4.90 Å². The quantitative estimate of drug-likeness (QED) is 0.894. The molecule has 0 aromatic heterocycles. The molecule has 1 radical (unpaired) electrons. The molecule has 3 nitrogen and oxygen atoms in total. The predicted octanol–water partition coefficient (Wildman–Crippen LogP) is 2.86. The minimum atomic E-state index is -0.312. The molecular weight excluding hydrogens is 255 g/mol. The first-order valence-corrected chi connectivity index (χ1v) is 7.16. The maximum atomic E-state index is 13.9. The minimum Gasteiger partial charge on any atom is -0.489 e. The lowest BCUT2D eigenvalue weighted by molar-refractivity contribution is 0.209. The number of nitrogens with one attached hydrogen (secondary N) is 1. The van der Waals surface area contributed by atoms with Crippen LogP contribution in [0, 0.1) is 12.2 Å². The van der Waals surface area contributed by atoms with Gasteiger partial charge in [-0.05, 0) is 25.0 Å². The van der Waals surface area contributed by atoms with Gasteiger partial charge >= 0.3 is 0 Å². The molecule has 107 valence electrons. The largest absolute Gasteiger partial charge is 0.489 e. The number of halogens is 1. The molecule has 1 N–H and O–H groups in total. The lowest BCUT2D eigenvalue weighted by Gasteiger charge is -2.21. The standard InChI is InChI=1S/C16H20FN2O/c1-18-14-3-2-4-15(16(14)17)20-10-9-19-7-5-12-11-13(12)6-8-19/h2-4,11,18H,5-10H2,1H3. The van der Waals surface area contributed by atoms with E-state index in [-0.39, 0.29) is 5.82 Å². The molecule has 0 fully saturated rings. The van der Waals surface area contributed by atoms with Gasteiger partial charge in [0.15, 0.2) is 11.6 Å². The van der Waals surface area contributed by atoms with Crippen LogP contribution in [-0.2, 0) is 0 Å². The van der Waals surface area contributed by atoms with E-state index in [1.165, 1.54) is 0 Å².